The molecule has 18 heavy (non-hydrogen) atoms. The Morgan fingerprint density at radius 1 is 1.50 bits per heavy atom. The van der Waals surface area contributed by atoms with E-state index in [0.717, 1.165) is 5.82 Å². The molecule has 0 saturated heterocycles. The van der Waals surface area contributed by atoms with Crippen LogP contribution in [0.25, 0.3) is 0 Å². The van der Waals surface area contributed by atoms with E-state index in [1.165, 1.54) is 6.20 Å². The van der Waals surface area contributed by atoms with E-state index in [9.17, 15) is 4.79 Å². The average Bonchev–Trinajstić information content (AvgIpc) is 2.36. The fourth-order valence-electron chi connectivity index (χ4n) is 1.64. The minimum atomic E-state index is -0.366. The van der Waals surface area contributed by atoms with Crippen LogP contribution in [0.15, 0.2) is 18.3 Å². The Morgan fingerprint density at radius 2 is 2.22 bits per heavy atom. The zero-order valence-electron chi connectivity index (χ0n) is 11.1. The van der Waals surface area contributed by atoms with E-state index in [1.807, 2.05) is 18.7 Å². The standard InChI is InChI=1S/C13H20N2O3/c1-4-18-13(17)11-5-6-12(14-9-11)15(7-8-16)10(2)3/h5-6,9-10,16H,4,7-8H2,1-3H3. The third kappa shape index (κ3) is 3.70. The number of anilines is 1. The van der Waals surface area contributed by atoms with Crippen LogP contribution in [-0.2, 0) is 4.74 Å². The van der Waals surface area contributed by atoms with Crippen LogP contribution >= 0.6 is 0 Å². The van der Waals surface area contributed by atoms with Crippen molar-refractivity contribution in [2.24, 2.45) is 0 Å². The Balaban J connectivity index is 2.83. The van der Waals surface area contributed by atoms with Gasteiger partial charge in [-0.2, -0.15) is 0 Å². The fourth-order valence-corrected chi connectivity index (χ4v) is 1.64. The number of aliphatic hydroxyl groups excluding tert-OH is 1. The Hall–Kier alpha value is -1.62. The van der Waals surface area contributed by atoms with Gasteiger partial charge in [-0.15, -0.1) is 0 Å². The van der Waals surface area contributed by atoms with Gasteiger partial charge in [-0.1, -0.05) is 0 Å². The summed E-state index contributed by atoms with van der Waals surface area (Å²) in [7, 11) is 0. The third-order valence-corrected chi connectivity index (χ3v) is 2.52. The number of hydrogen-bond donors (Lipinski definition) is 1. The number of hydrogen-bond acceptors (Lipinski definition) is 5. The molecule has 0 bridgehead atoms. The van der Waals surface area contributed by atoms with Crippen molar-refractivity contribution < 1.29 is 14.6 Å². The second kappa shape index (κ2) is 6.96. The molecule has 1 rings (SSSR count). The molecule has 0 saturated carbocycles. The number of ether oxygens (including phenoxy) is 1. The van der Waals surface area contributed by atoms with Crippen molar-refractivity contribution in [2.75, 3.05) is 24.7 Å². The number of rotatable bonds is 6. The summed E-state index contributed by atoms with van der Waals surface area (Å²) in [6.45, 7) is 6.75. The van der Waals surface area contributed by atoms with Crippen molar-refractivity contribution in [1.29, 1.82) is 0 Å². The van der Waals surface area contributed by atoms with E-state index >= 15 is 0 Å². The minimum Gasteiger partial charge on any atom is -0.462 e. The molecule has 0 fully saturated rings. The first-order valence-corrected chi connectivity index (χ1v) is 6.10. The predicted molar refractivity (Wildman–Crippen MR) is 69.8 cm³/mol. The molecule has 0 aliphatic carbocycles. The molecule has 100 valence electrons. The lowest BCUT2D eigenvalue weighted by molar-refractivity contribution is 0.0526. The van der Waals surface area contributed by atoms with E-state index in [-0.39, 0.29) is 18.6 Å². The topological polar surface area (TPSA) is 62.7 Å². The van der Waals surface area contributed by atoms with E-state index in [2.05, 4.69) is 4.98 Å². The van der Waals surface area contributed by atoms with Gasteiger partial charge in [0.05, 0.1) is 18.8 Å². The second-order valence-electron chi connectivity index (χ2n) is 4.14. The highest BCUT2D eigenvalue weighted by Crippen LogP contribution is 2.14. The summed E-state index contributed by atoms with van der Waals surface area (Å²) in [5.41, 5.74) is 0.438. The molecule has 0 aliphatic heterocycles. The summed E-state index contributed by atoms with van der Waals surface area (Å²) in [5, 5.41) is 9.02. The summed E-state index contributed by atoms with van der Waals surface area (Å²) in [5.74, 6) is 0.377. The van der Waals surface area contributed by atoms with Crippen molar-refractivity contribution in [3.63, 3.8) is 0 Å². The van der Waals surface area contributed by atoms with E-state index < -0.39 is 0 Å². The largest absolute Gasteiger partial charge is 0.462 e. The van der Waals surface area contributed by atoms with Crippen LogP contribution in [0.2, 0.25) is 0 Å². The Bertz CT molecular complexity index is 376. The molecule has 0 aliphatic rings. The Kier molecular flexibility index (Phi) is 5.58. The number of aromatic nitrogens is 1. The second-order valence-corrected chi connectivity index (χ2v) is 4.14. The first-order valence-electron chi connectivity index (χ1n) is 6.10. The van der Waals surface area contributed by atoms with Gasteiger partial charge in [-0.3, -0.25) is 0 Å². The van der Waals surface area contributed by atoms with Gasteiger partial charge in [0.1, 0.15) is 5.82 Å². The van der Waals surface area contributed by atoms with E-state index in [0.29, 0.717) is 18.7 Å². The molecule has 0 amide bonds. The SMILES string of the molecule is CCOC(=O)c1ccc(N(CCO)C(C)C)nc1. The quantitative estimate of drug-likeness (QED) is 0.777. The minimum absolute atomic E-state index is 0.0689. The number of aliphatic hydroxyl groups is 1. The number of carbonyl (C=O) groups is 1. The Labute approximate surface area is 107 Å². The molecular formula is C13H20N2O3. The number of carbonyl (C=O) groups excluding carboxylic acids is 1. The summed E-state index contributed by atoms with van der Waals surface area (Å²) in [4.78, 5) is 17.7. The van der Waals surface area contributed by atoms with Gasteiger partial charge in [-0.05, 0) is 32.9 Å². The molecular weight excluding hydrogens is 232 g/mol. The number of pyridine rings is 1. The summed E-state index contributed by atoms with van der Waals surface area (Å²) < 4.78 is 4.89. The van der Waals surface area contributed by atoms with Crippen molar-refractivity contribution in [1.82, 2.24) is 4.98 Å². The highest BCUT2D eigenvalue weighted by molar-refractivity contribution is 5.89. The van der Waals surface area contributed by atoms with Gasteiger partial charge in [0.2, 0.25) is 0 Å². The maximum Gasteiger partial charge on any atom is 0.339 e. The predicted octanol–water partition coefficient (Wildman–Crippen LogP) is 1.47. The zero-order chi connectivity index (χ0) is 13.5. The van der Waals surface area contributed by atoms with Gasteiger partial charge in [0.15, 0.2) is 0 Å². The van der Waals surface area contributed by atoms with Gasteiger partial charge in [0.25, 0.3) is 0 Å². The van der Waals surface area contributed by atoms with Crippen molar-refractivity contribution in [3.8, 4) is 0 Å². The van der Waals surface area contributed by atoms with Gasteiger partial charge in [-0.25, -0.2) is 9.78 Å². The molecule has 0 aromatic carbocycles. The summed E-state index contributed by atoms with van der Waals surface area (Å²) >= 11 is 0. The lowest BCUT2D eigenvalue weighted by Crippen LogP contribution is -2.34. The number of nitrogens with zero attached hydrogens (tertiary/aromatic N) is 2. The van der Waals surface area contributed by atoms with Crippen molar-refractivity contribution >= 4 is 11.8 Å². The van der Waals surface area contributed by atoms with Crippen LogP contribution in [0, 0.1) is 0 Å². The van der Waals surface area contributed by atoms with E-state index in [4.69, 9.17) is 9.84 Å². The molecule has 5 nitrogen and oxygen atoms in total. The molecule has 0 radical (unpaired) electrons. The van der Waals surface area contributed by atoms with Crippen molar-refractivity contribution in [2.45, 2.75) is 26.8 Å². The molecule has 1 aromatic heterocycles. The molecule has 1 heterocycles. The number of esters is 1. The monoisotopic (exact) mass is 252 g/mol. The third-order valence-electron chi connectivity index (χ3n) is 2.52. The molecule has 0 spiro atoms. The van der Waals surface area contributed by atoms with Crippen LogP contribution in [0.3, 0.4) is 0 Å². The highest BCUT2D eigenvalue weighted by atomic mass is 16.5. The van der Waals surface area contributed by atoms with E-state index in [1.54, 1.807) is 19.1 Å². The average molecular weight is 252 g/mol. The lowest BCUT2D eigenvalue weighted by Gasteiger charge is -2.26. The van der Waals surface area contributed by atoms with Crippen LogP contribution in [0.4, 0.5) is 5.82 Å². The zero-order valence-corrected chi connectivity index (χ0v) is 11.1. The first-order chi connectivity index (χ1) is 8.60. The highest BCUT2D eigenvalue weighted by Gasteiger charge is 2.12. The lowest BCUT2D eigenvalue weighted by atomic mass is 10.2. The maximum absolute atomic E-state index is 11.5. The summed E-state index contributed by atoms with van der Waals surface area (Å²) in [6.07, 6.45) is 1.50. The fraction of sp³-hybridized carbons (Fsp3) is 0.538. The first kappa shape index (κ1) is 14.4. The Morgan fingerprint density at radius 3 is 2.67 bits per heavy atom. The molecule has 0 atom stereocenters. The molecule has 0 unspecified atom stereocenters. The van der Waals surface area contributed by atoms with Crippen LogP contribution in [-0.4, -0.2) is 41.9 Å². The van der Waals surface area contributed by atoms with Gasteiger partial charge < -0.3 is 14.7 Å². The summed E-state index contributed by atoms with van der Waals surface area (Å²) in [6, 6.07) is 3.69. The van der Waals surface area contributed by atoms with Crippen molar-refractivity contribution in [3.05, 3.63) is 23.9 Å². The molecule has 1 aromatic rings. The molecule has 5 heteroatoms. The van der Waals surface area contributed by atoms with Crippen LogP contribution < -0.4 is 4.90 Å². The normalized spacial score (nSPS) is 10.5. The smallest absolute Gasteiger partial charge is 0.339 e. The molecule has 1 N–H and O–H groups in total. The van der Waals surface area contributed by atoms with Gasteiger partial charge >= 0.3 is 5.97 Å². The van der Waals surface area contributed by atoms with Crippen LogP contribution in [0.5, 0.6) is 0 Å². The van der Waals surface area contributed by atoms with Crippen LogP contribution in [0.1, 0.15) is 31.1 Å². The van der Waals surface area contributed by atoms with Gasteiger partial charge in [0, 0.05) is 18.8 Å². The maximum atomic E-state index is 11.5.